The number of aromatic amines is 1. The zero-order chi connectivity index (χ0) is 42.1. The first-order chi connectivity index (χ1) is 25.7. The SMILES string of the molecule is Cc1[nH]c2ccccc2c1C(N[C@@H]1O[C@H](COC(=O)C(C)(C)C)[C@H](OC(=O)C(C)(C)C)[C@H](OC(=O)C(C)(C)C)[C@H]1OC(=O)C(C)(C)C)c1ccc([N+](=O)[O-])cc1. The second kappa shape index (κ2) is 16.3. The van der Waals surface area contributed by atoms with Gasteiger partial charge < -0.3 is 28.7 Å². The predicted octanol–water partition coefficient (Wildman–Crippen LogP) is 7.25. The molecular weight excluding hydrogens is 722 g/mol. The number of fused-ring (bicyclic) bond motifs is 1. The van der Waals surface area contributed by atoms with Gasteiger partial charge in [-0.2, -0.15) is 0 Å². The Balaban J connectivity index is 1.98. The molecule has 0 bridgehead atoms. The van der Waals surface area contributed by atoms with Gasteiger partial charge in [0.15, 0.2) is 24.5 Å². The second-order valence-electron chi connectivity index (χ2n) is 18.5. The molecule has 1 saturated heterocycles. The fraction of sp³-hybridized carbons (Fsp3) is 0.571. The molecule has 14 heteroatoms. The highest BCUT2D eigenvalue weighted by molar-refractivity contribution is 5.85. The lowest BCUT2D eigenvalue weighted by atomic mass is 9.91. The van der Waals surface area contributed by atoms with Crippen LogP contribution in [0.3, 0.4) is 0 Å². The highest BCUT2D eigenvalue weighted by Crippen LogP contribution is 2.38. The number of rotatable bonds is 10. The minimum Gasteiger partial charge on any atom is -0.462 e. The molecule has 2 heterocycles. The van der Waals surface area contributed by atoms with Crippen LogP contribution < -0.4 is 5.32 Å². The molecule has 1 unspecified atom stereocenters. The minimum atomic E-state index is -1.47. The van der Waals surface area contributed by atoms with Gasteiger partial charge >= 0.3 is 23.9 Å². The summed E-state index contributed by atoms with van der Waals surface area (Å²) >= 11 is 0. The number of nitro benzene ring substituents is 1. The van der Waals surface area contributed by atoms with Gasteiger partial charge in [0.2, 0.25) is 0 Å². The van der Waals surface area contributed by atoms with Crippen molar-refractivity contribution >= 4 is 40.5 Å². The Morgan fingerprint density at radius 1 is 0.732 bits per heavy atom. The van der Waals surface area contributed by atoms with Crippen LogP contribution in [0.5, 0.6) is 0 Å². The number of H-pyrrole nitrogens is 1. The number of hydrogen-bond donors (Lipinski definition) is 2. The van der Waals surface area contributed by atoms with Gasteiger partial charge in [-0.25, -0.2) is 0 Å². The molecule has 4 rings (SSSR count). The van der Waals surface area contributed by atoms with Crippen LogP contribution in [0.2, 0.25) is 0 Å². The third kappa shape index (κ3) is 10.3. The van der Waals surface area contributed by atoms with Crippen molar-refractivity contribution in [2.45, 2.75) is 127 Å². The maximum atomic E-state index is 13.8. The van der Waals surface area contributed by atoms with Crippen molar-refractivity contribution in [1.29, 1.82) is 0 Å². The molecule has 2 N–H and O–H groups in total. The quantitative estimate of drug-likeness (QED) is 0.0910. The highest BCUT2D eigenvalue weighted by atomic mass is 16.7. The largest absolute Gasteiger partial charge is 0.462 e. The Morgan fingerprint density at radius 2 is 1.21 bits per heavy atom. The molecule has 2 aromatic carbocycles. The van der Waals surface area contributed by atoms with Crippen LogP contribution in [0.15, 0.2) is 48.5 Å². The third-order valence-corrected chi connectivity index (χ3v) is 9.19. The zero-order valence-corrected chi connectivity index (χ0v) is 34.7. The Kier molecular flexibility index (Phi) is 12.8. The number of aryl methyl sites for hydroxylation is 1. The van der Waals surface area contributed by atoms with E-state index in [4.69, 9.17) is 23.7 Å². The van der Waals surface area contributed by atoms with Gasteiger partial charge in [-0.15, -0.1) is 0 Å². The maximum Gasteiger partial charge on any atom is 0.311 e. The molecule has 6 atom stereocenters. The number of para-hydroxylation sites is 1. The van der Waals surface area contributed by atoms with Crippen LogP contribution in [0.4, 0.5) is 5.69 Å². The standard InChI is InChI=1S/C42H57N3O11/c1-23-29(26-16-14-15-17-27(26)43-23)30(24-18-20-25(21-19-24)45(50)51)44-34-33(56-38(49)42(11,12)13)32(55-37(48)41(8,9)10)31(54-36(47)40(5,6)7)28(53-34)22-52-35(46)39(2,3)4/h14-21,28,30-34,43-44H,22H2,1-13H3/t28-,30?,31+,32+,33-,34-/m1/s1. The van der Waals surface area contributed by atoms with Crippen molar-refractivity contribution in [3.05, 3.63) is 75.5 Å². The van der Waals surface area contributed by atoms with Crippen LogP contribution in [0.25, 0.3) is 10.9 Å². The lowest BCUT2D eigenvalue weighted by Crippen LogP contribution is -2.67. The lowest BCUT2D eigenvalue weighted by Gasteiger charge is -2.47. The Labute approximate surface area is 328 Å². The number of esters is 4. The molecule has 3 aromatic rings. The van der Waals surface area contributed by atoms with Crippen molar-refractivity contribution < 1.29 is 47.8 Å². The zero-order valence-electron chi connectivity index (χ0n) is 34.7. The van der Waals surface area contributed by atoms with E-state index in [-0.39, 0.29) is 5.69 Å². The maximum absolute atomic E-state index is 13.8. The van der Waals surface area contributed by atoms with Gasteiger partial charge in [0, 0.05) is 34.3 Å². The fourth-order valence-electron chi connectivity index (χ4n) is 5.83. The summed E-state index contributed by atoms with van der Waals surface area (Å²) in [5, 5.41) is 16.0. The molecule has 14 nitrogen and oxygen atoms in total. The number of nitrogens with one attached hydrogen (secondary N) is 2. The summed E-state index contributed by atoms with van der Waals surface area (Å²) in [5.74, 6) is -2.57. The summed E-state index contributed by atoms with van der Waals surface area (Å²) in [6.45, 7) is 21.5. The molecule has 306 valence electrons. The summed E-state index contributed by atoms with van der Waals surface area (Å²) in [5.41, 5.74) is -1.18. The summed E-state index contributed by atoms with van der Waals surface area (Å²) < 4.78 is 31.0. The van der Waals surface area contributed by atoms with E-state index in [1.54, 1.807) is 95.2 Å². The molecule has 0 amide bonds. The summed E-state index contributed by atoms with van der Waals surface area (Å²) in [6.07, 6.45) is -6.87. The van der Waals surface area contributed by atoms with E-state index < -0.39 is 93.8 Å². The Morgan fingerprint density at radius 3 is 1.71 bits per heavy atom. The summed E-state index contributed by atoms with van der Waals surface area (Å²) in [6, 6.07) is 12.8. The number of non-ortho nitro benzene ring substituents is 1. The van der Waals surface area contributed by atoms with E-state index in [0.717, 1.165) is 22.2 Å². The number of carbonyl (C=O) groups is 4. The normalized spacial score (nSPS) is 21.2. The number of nitro groups is 1. The number of benzene rings is 2. The first kappa shape index (κ1) is 43.9. The van der Waals surface area contributed by atoms with Crippen LogP contribution in [-0.2, 0) is 42.9 Å². The fourth-order valence-corrected chi connectivity index (χ4v) is 5.83. The van der Waals surface area contributed by atoms with E-state index in [9.17, 15) is 29.3 Å². The van der Waals surface area contributed by atoms with Crippen LogP contribution >= 0.6 is 0 Å². The van der Waals surface area contributed by atoms with E-state index in [0.29, 0.717) is 5.56 Å². The van der Waals surface area contributed by atoms with Crippen LogP contribution in [0.1, 0.15) is 106 Å². The number of hydrogen-bond acceptors (Lipinski definition) is 12. The molecule has 1 aliphatic heterocycles. The lowest BCUT2D eigenvalue weighted by molar-refractivity contribution is -0.384. The van der Waals surface area contributed by atoms with Gasteiger partial charge in [0.25, 0.3) is 5.69 Å². The van der Waals surface area contributed by atoms with E-state index in [1.807, 2.05) is 31.2 Å². The smallest absolute Gasteiger partial charge is 0.311 e. The number of aromatic nitrogens is 1. The van der Waals surface area contributed by atoms with Gasteiger partial charge in [-0.05, 0) is 102 Å². The average molecular weight is 780 g/mol. The monoisotopic (exact) mass is 779 g/mol. The average Bonchev–Trinajstić information content (AvgIpc) is 3.41. The number of ether oxygens (including phenoxy) is 5. The molecule has 1 fully saturated rings. The summed E-state index contributed by atoms with van der Waals surface area (Å²) in [7, 11) is 0. The van der Waals surface area contributed by atoms with Crippen molar-refractivity contribution in [3.63, 3.8) is 0 Å². The summed E-state index contributed by atoms with van der Waals surface area (Å²) in [4.78, 5) is 69.0. The molecule has 1 aromatic heterocycles. The topological polar surface area (TPSA) is 185 Å². The molecule has 0 radical (unpaired) electrons. The molecule has 0 saturated carbocycles. The highest BCUT2D eigenvalue weighted by Gasteiger charge is 2.55. The van der Waals surface area contributed by atoms with Gasteiger partial charge in [0.1, 0.15) is 12.7 Å². The molecule has 0 aliphatic carbocycles. The minimum absolute atomic E-state index is 0.118. The third-order valence-electron chi connectivity index (χ3n) is 9.19. The van der Waals surface area contributed by atoms with Crippen LogP contribution in [0, 0.1) is 38.7 Å². The molecule has 0 spiro atoms. The van der Waals surface area contributed by atoms with Gasteiger partial charge in [0.05, 0.1) is 32.6 Å². The van der Waals surface area contributed by atoms with Crippen molar-refractivity contribution in [2.75, 3.05) is 6.61 Å². The molecular formula is C42H57N3O11. The van der Waals surface area contributed by atoms with E-state index in [2.05, 4.69) is 10.3 Å². The number of carbonyl (C=O) groups excluding carboxylic acids is 4. The Hall–Kier alpha value is -4.82. The Bertz CT molecular complexity index is 1920. The van der Waals surface area contributed by atoms with Gasteiger partial charge in [-0.3, -0.25) is 34.6 Å². The first-order valence-corrected chi connectivity index (χ1v) is 18.7. The van der Waals surface area contributed by atoms with Crippen molar-refractivity contribution in [2.24, 2.45) is 21.7 Å². The van der Waals surface area contributed by atoms with Gasteiger partial charge in [-0.1, -0.05) is 30.3 Å². The molecule has 1 aliphatic rings. The second-order valence-corrected chi connectivity index (χ2v) is 18.5. The van der Waals surface area contributed by atoms with E-state index in [1.165, 1.54) is 12.1 Å². The predicted molar refractivity (Wildman–Crippen MR) is 208 cm³/mol. The number of nitrogens with zero attached hydrogens (tertiary/aromatic N) is 1. The first-order valence-electron chi connectivity index (χ1n) is 18.7. The van der Waals surface area contributed by atoms with E-state index >= 15 is 0 Å². The van der Waals surface area contributed by atoms with Crippen LogP contribution in [-0.4, -0.2) is 71.0 Å². The molecule has 56 heavy (non-hydrogen) atoms. The van der Waals surface area contributed by atoms with Crippen molar-refractivity contribution in [1.82, 2.24) is 10.3 Å². The van der Waals surface area contributed by atoms with Crippen molar-refractivity contribution in [3.8, 4) is 0 Å².